The predicted molar refractivity (Wildman–Crippen MR) is 87.7 cm³/mol. The van der Waals surface area contributed by atoms with Crippen molar-refractivity contribution in [1.82, 2.24) is 0 Å². The third-order valence-corrected chi connectivity index (χ3v) is 6.63. The van der Waals surface area contributed by atoms with Crippen LogP contribution in [0.4, 0.5) is 0 Å². The van der Waals surface area contributed by atoms with Crippen LogP contribution in [0.15, 0.2) is 24.3 Å². The number of carbonyl (C=O) groups is 3. The normalized spacial score (nSPS) is 49.3. The van der Waals surface area contributed by atoms with Gasteiger partial charge in [0.25, 0.3) is 0 Å². The Morgan fingerprint density at radius 3 is 2.65 bits per heavy atom. The van der Waals surface area contributed by atoms with E-state index in [9.17, 15) is 19.5 Å². The van der Waals surface area contributed by atoms with Gasteiger partial charge >= 0.3 is 11.9 Å². The monoisotopic (exact) mass is 362 g/mol. The van der Waals surface area contributed by atoms with Crippen LogP contribution >= 0.6 is 0 Å². The summed E-state index contributed by atoms with van der Waals surface area (Å²) in [4.78, 5) is 37.3. The highest BCUT2D eigenvalue weighted by Crippen LogP contribution is 2.57. The lowest BCUT2D eigenvalue weighted by atomic mass is 9.65. The van der Waals surface area contributed by atoms with E-state index in [1.54, 1.807) is 20.8 Å². The van der Waals surface area contributed by atoms with Crippen molar-refractivity contribution in [3.8, 4) is 0 Å². The molecular formula is C19H22O7. The molecular weight excluding hydrogens is 340 g/mol. The lowest BCUT2D eigenvalue weighted by Crippen LogP contribution is -2.56. The molecule has 2 aliphatic heterocycles. The van der Waals surface area contributed by atoms with Gasteiger partial charge in [0.2, 0.25) is 0 Å². The van der Waals surface area contributed by atoms with Crippen molar-refractivity contribution in [1.29, 1.82) is 0 Å². The first-order valence-electron chi connectivity index (χ1n) is 8.75. The average Bonchev–Trinajstić information content (AvgIpc) is 3.22. The standard InChI is InChI=1S/C19H22O7/c1-9-7-11(25-16(22)17(3)8-24-17)13-10(2)15(21)26-14(13)18(4)12(20)5-6-19(9,18)23/h5-6,9,11,13-14,23H,2,7-8H2,1,3-4H3. The summed E-state index contributed by atoms with van der Waals surface area (Å²) in [5.41, 5.74) is -3.67. The van der Waals surface area contributed by atoms with Gasteiger partial charge in [0, 0.05) is 5.57 Å². The van der Waals surface area contributed by atoms with Gasteiger partial charge in [-0.15, -0.1) is 0 Å². The Labute approximate surface area is 151 Å². The number of fused-ring (bicyclic) bond motifs is 3. The molecule has 0 aromatic heterocycles. The summed E-state index contributed by atoms with van der Waals surface area (Å²) in [5.74, 6) is -2.56. The van der Waals surface area contributed by atoms with Crippen molar-refractivity contribution in [3.05, 3.63) is 24.3 Å². The van der Waals surface area contributed by atoms with E-state index in [-0.39, 0.29) is 24.4 Å². The van der Waals surface area contributed by atoms with E-state index < -0.39 is 52.6 Å². The predicted octanol–water partition coefficient (Wildman–Crippen LogP) is 0.701. The molecule has 3 fully saturated rings. The highest BCUT2D eigenvalue weighted by atomic mass is 16.6. The maximum Gasteiger partial charge on any atom is 0.340 e. The Morgan fingerprint density at radius 1 is 1.38 bits per heavy atom. The fourth-order valence-electron chi connectivity index (χ4n) is 4.55. The van der Waals surface area contributed by atoms with Crippen LogP contribution in [0.5, 0.6) is 0 Å². The number of hydrogen-bond donors (Lipinski definition) is 1. The van der Waals surface area contributed by atoms with Crippen LogP contribution in [0.25, 0.3) is 0 Å². The maximum atomic E-state index is 12.7. The quantitative estimate of drug-likeness (QED) is 0.438. The van der Waals surface area contributed by atoms with Gasteiger partial charge in [-0.25, -0.2) is 9.59 Å². The van der Waals surface area contributed by atoms with Gasteiger partial charge in [-0.1, -0.05) is 13.5 Å². The fraction of sp³-hybridized carbons (Fsp3) is 0.632. The van der Waals surface area contributed by atoms with Crippen molar-refractivity contribution in [2.45, 2.75) is 50.6 Å². The van der Waals surface area contributed by atoms with Crippen molar-refractivity contribution in [2.75, 3.05) is 6.61 Å². The first kappa shape index (κ1) is 17.4. The SMILES string of the molecule is C=C1C(=O)OC2C1C(OC(=O)C1(C)CO1)CC(C)C1(O)C=CC(=O)C21C. The van der Waals surface area contributed by atoms with E-state index in [0.717, 1.165) is 0 Å². The number of ether oxygens (including phenoxy) is 3. The lowest BCUT2D eigenvalue weighted by molar-refractivity contribution is -0.167. The molecule has 1 N–H and O–H groups in total. The number of allylic oxidation sites excluding steroid dienone is 1. The van der Waals surface area contributed by atoms with Gasteiger partial charge in [-0.3, -0.25) is 4.79 Å². The number of aliphatic hydroxyl groups is 1. The Bertz CT molecular complexity index is 764. The summed E-state index contributed by atoms with van der Waals surface area (Å²) in [6.45, 7) is 9.11. The van der Waals surface area contributed by atoms with Crippen LogP contribution < -0.4 is 0 Å². The number of rotatable bonds is 2. The molecule has 0 radical (unpaired) electrons. The average molecular weight is 362 g/mol. The molecule has 4 rings (SSSR count). The molecule has 0 amide bonds. The molecule has 1 saturated carbocycles. The van der Waals surface area contributed by atoms with Crippen LogP contribution in [0, 0.1) is 17.3 Å². The largest absolute Gasteiger partial charge is 0.459 e. The summed E-state index contributed by atoms with van der Waals surface area (Å²) in [6.07, 6.45) is 1.39. The molecule has 7 atom stereocenters. The minimum absolute atomic E-state index is 0.159. The fourth-order valence-corrected chi connectivity index (χ4v) is 4.55. The molecule has 26 heavy (non-hydrogen) atoms. The molecule has 0 spiro atoms. The molecule has 2 saturated heterocycles. The van der Waals surface area contributed by atoms with Crippen LogP contribution in [0.2, 0.25) is 0 Å². The molecule has 7 nitrogen and oxygen atoms in total. The molecule has 2 heterocycles. The highest BCUT2D eigenvalue weighted by molar-refractivity contribution is 6.01. The van der Waals surface area contributed by atoms with Gasteiger partial charge < -0.3 is 19.3 Å². The third kappa shape index (κ3) is 1.98. The maximum absolute atomic E-state index is 12.7. The first-order valence-corrected chi connectivity index (χ1v) is 8.75. The zero-order valence-corrected chi connectivity index (χ0v) is 15.0. The molecule has 2 aliphatic carbocycles. The van der Waals surface area contributed by atoms with Crippen molar-refractivity contribution in [2.24, 2.45) is 17.3 Å². The van der Waals surface area contributed by atoms with Gasteiger partial charge in [0.15, 0.2) is 11.4 Å². The number of epoxide rings is 1. The summed E-state index contributed by atoms with van der Waals surface area (Å²) >= 11 is 0. The molecule has 0 bridgehead atoms. The zero-order valence-electron chi connectivity index (χ0n) is 15.0. The molecule has 7 unspecified atom stereocenters. The first-order chi connectivity index (χ1) is 12.0. The second-order valence-electron chi connectivity index (χ2n) is 8.20. The van der Waals surface area contributed by atoms with Crippen LogP contribution in [0.1, 0.15) is 27.2 Å². The van der Waals surface area contributed by atoms with Crippen LogP contribution in [0.3, 0.4) is 0 Å². The van der Waals surface area contributed by atoms with Gasteiger partial charge in [-0.05, 0) is 38.3 Å². The van der Waals surface area contributed by atoms with E-state index in [0.29, 0.717) is 0 Å². The summed E-state index contributed by atoms with van der Waals surface area (Å²) in [5, 5.41) is 11.3. The summed E-state index contributed by atoms with van der Waals surface area (Å²) < 4.78 is 16.3. The summed E-state index contributed by atoms with van der Waals surface area (Å²) in [6, 6.07) is 0. The van der Waals surface area contributed by atoms with Crippen LogP contribution in [-0.2, 0) is 28.6 Å². The van der Waals surface area contributed by atoms with Crippen molar-refractivity contribution < 1.29 is 33.7 Å². The van der Waals surface area contributed by atoms with Crippen LogP contribution in [-0.4, -0.2) is 52.8 Å². The molecule has 7 heteroatoms. The topological polar surface area (TPSA) is 102 Å². The van der Waals surface area contributed by atoms with E-state index >= 15 is 0 Å². The Kier molecular flexibility index (Phi) is 3.38. The van der Waals surface area contributed by atoms with E-state index in [1.165, 1.54) is 12.2 Å². The smallest absolute Gasteiger partial charge is 0.340 e. The highest BCUT2D eigenvalue weighted by Gasteiger charge is 2.69. The zero-order chi connectivity index (χ0) is 19.1. The minimum atomic E-state index is -1.50. The third-order valence-electron chi connectivity index (χ3n) is 6.63. The number of ketones is 1. The lowest BCUT2D eigenvalue weighted by Gasteiger charge is -2.43. The molecule has 0 aromatic rings. The van der Waals surface area contributed by atoms with Crippen molar-refractivity contribution in [3.63, 3.8) is 0 Å². The molecule has 4 aliphatic rings. The Morgan fingerprint density at radius 2 is 2.04 bits per heavy atom. The minimum Gasteiger partial charge on any atom is -0.459 e. The Balaban J connectivity index is 1.77. The number of carbonyl (C=O) groups excluding carboxylic acids is 3. The van der Waals surface area contributed by atoms with Gasteiger partial charge in [0.1, 0.15) is 23.2 Å². The number of hydrogen-bond acceptors (Lipinski definition) is 7. The van der Waals surface area contributed by atoms with E-state index in [1.807, 2.05) is 0 Å². The van der Waals surface area contributed by atoms with Gasteiger partial charge in [-0.2, -0.15) is 0 Å². The summed E-state index contributed by atoms with van der Waals surface area (Å²) in [7, 11) is 0. The van der Waals surface area contributed by atoms with Crippen molar-refractivity contribution >= 4 is 17.7 Å². The second kappa shape index (κ2) is 5.04. The molecule has 0 aromatic carbocycles. The molecule has 140 valence electrons. The number of esters is 2. The van der Waals surface area contributed by atoms with E-state index in [2.05, 4.69) is 6.58 Å². The second-order valence-corrected chi connectivity index (χ2v) is 8.20. The van der Waals surface area contributed by atoms with Gasteiger partial charge in [0.05, 0.1) is 12.5 Å². The Hall–Kier alpha value is -1.99. The van der Waals surface area contributed by atoms with E-state index in [4.69, 9.17) is 14.2 Å².